The molecule has 0 saturated carbocycles. The smallest absolute Gasteiger partial charge is 0.371 e. The third-order valence-corrected chi connectivity index (χ3v) is 1.15. The second-order valence-corrected chi connectivity index (χ2v) is 2.06. The lowest BCUT2D eigenvalue weighted by Crippen LogP contribution is -2.00. The van der Waals surface area contributed by atoms with Gasteiger partial charge in [0.15, 0.2) is 0 Å². The zero-order valence-electron chi connectivity index (χ0n) is 6.61. The summed E-state index contributed by atoms with van der Waals surface area (Å²) in [5.74, 6) is 1.13. The molecule has 0 bridgehead atoms. The lowest BCUT2D eigenvalue weighted by Gasteiger charge is -1.98. The molecular weight excluding hydrogens is 174 g/mol. The van der Waals surface area contributed by atoms with Gasteiger partial charge in [0.05, 0.1) is 0 Å². The number of carboxylic acid groups (broad SMARTS) is 1. The molecule has 0 aromatic carbocycles. The molecule has 1 aromatic heterocycles. The molecular formula is C8H7NO4. The van der Waals surface area contributed by atoms with E-state index >= 15 is 0 Å². The molecule has 5 heteroatoms. The molecule has 1 rings (SSSR count). The molecule has 0 aliphatic carbocycles. The normalized spacial score (nSPS) is 9.15. The van der Waals surface area contributed by atoms with Crippen molar-refractivity contribution in [2.24, 2.45) is 0 Å². The Hall–Kier alpha value is -1.93. The summed E-state index contributed by atoms with van der Waals surface area (Å²) < 4.78 is 4.79. The lowest BCUT2D eigenvalue weighted by molar-refractivity contribution is 0.0662. The summed E-state index contributed by atoms with van der Waals surface area (Å²) in [6, 6.07) is 2.74. The maximum atomic E-state index is 10.3. The van der Waals surface area contributed by atoms with Crippen molar-refractivity contribution < 1.29 is 19.2 Å². The molecule has 0 amide bonds. The molecule has 5 nitrogen and oxygen atoms in total. The van der Waals surface area contributed by atoms with E-state index in [1.807, 2.05) is 0 Å². The van der Waals surface area contributed by atoms with Crippen molar-refractivity contribution in [1.82, 2.24) is 0 Å². The number of aromatic carboxylic acids is 1. The van der Waals surface area contributed by atoms with Crippen LogP contribution >= 0.6 is 0 Å². The highest BCUT2D eigenvalue weighted by atomic mass is 16.7. The Labute approximate surface area is 74.3 Å². The largest absolute Gasteiger partial charge is 0.475 e. The monoisotopic (exact) mass is 181 g/mol. The van der Waals surface area contributed by atoms with Gasteiger partial charge >= 0.3 is 5.97 Å². The Morgan fingerprint density at radius 2 is 2.54 bits per heavy atom. The van der Waals surface area contributed by atoms with E-state index in [1.54, 1.807) is 0 Å². The van der Waals surface area contributed by atoms with Crippen molar-refractivity contribution >= 4 is 11.9 Å². The van der Waals surface area contributed by atoms with Crippen LogP contribution in [0.5, 0.6) is 0 Å². The van der Waals surface area contributed by atoms with Crippen LogP contribution in [0.3, 0.4) is 0 Å². The van der Waals surface area contributed by atoms with Crippen LogP contribution in [0.4, 0.5) is 5.88 Å². The average Bonchev–Trinajstić information content (AvgIpc) is 2.53. The summed E-state index contributed by atoms with van der Waals surface area (Å²) in [5, 5.41) is 8.48. The van der Waals surface area contributed by atoms with Gasteiger partial charge in [-0.2, -0.15) is 0 Å². The number of rotatable bonds is 4. The number of hydrogen-bond donors (Lipinski definition) is 2. The van der Waals surface area contributed by atoms with Crippen LogP contribution in [0.2, 0.25) is 0 Å². The van der Waals surface area contributed by atoms with Crippen LogP contribution in [0.15, 0.2) is 16.5 Å². The molecule has 0 fully saturated rings. The van der Waals surface area contributed by atoms with Gasteiger partial charge in [-0.3, -0.25) is 4.84 Å². The minimum Gasteiger partial charge on any atom is -0.475 e. The summed E-state index contributed by atoms with van der Waals surface area (Å²) in [6.07, 6.45) is 4.91. The van der Waals surface area contributed by atoms with Crippen molar-refractivity contribution in [2.45, 2.75) is 0 Å². The van der Waals surface area contributed by atoms with Gasteiger partial charge in [-0.25, -0.2) is 10.3 Å². The number of hydrogen-bond acceptors (Lipinski definition) is 4. The Morgan fingerprint density at radius 1 is 1.77 bits per heavy atom. The van der Waals surface area contributed by atoms with Crippen molar-refractivity contribution in [1.29, 1.82) is 0 Å². The van der Waals surface area contributed by atoms with Gasteiger partial charge in [-0.1, -0.05) is 5.92 Å². The summed E-state index contributed by atoms with van der Waals surface area (Å²) in [7, 11) is 0. The molecule has 0 spiro atoms. The van der Waals surface area contributed by atoms with Gasteiger partial charge in [-0.05, 0) is 6.07 Å². The third-order valence-electron chi connectivity index (χ3n) is 1.15. The van der Waals surface area contributed by atoms with Gasteiger partial charge in [0.25, 0.3) is 0 Å². The van der Waals surface area contributed by atoms with Crippen LogP contribution in [0.25, 0.3) is 0 Å². The first kappa shape index (κ1) is 9.16. The van der Waals surface area contributed by atoms with E-state index < -0.39 is 5.97 Å². The van der Waals surface area contributed by atoms with Gasteiger partial charge in [-0.15, -0.1) is 6.42 Å². The molecule has 68 valence electrons. The molecule has 0 aliphatic heterocycles. The first-order valence-electron chi connectivity index (χ1n) is 3.38. The Morgan fingerprint density at radius 3 is 3.08 bits per heavy atom. The summed E-state index contributed by atoms with van der Waals surface area (Å²) in [6.45, 7) is 0.0725. The van der Waals surface area contributed by atoms with E-state index in [-0.39, 0.29) is 18.3 Å². The average molecular weight is 181 g/mol. The van der Waals surface area contributed by atoms with Crippen molar-refractivity contribution in [3.8, 4) is 12.3 Å². The number of terminal acetylenes is 1. The highest BCUT2D eigenvalue weighted by Crippen LogP contribution is 2.12. The molecule has 0 aliphatic rings. The second-order valence-electron chi connectivity index (χ2n) is 2.06. The maximum Gasteiger partial charge on any atom is 0.371 e. The quantitative estimate of drug-likeness (QED) is 0.411. The molecule has 0 atom stereocenters. The fourth-order valence-corrected chi connectivity index (χ4v) is 0.657. The van der Waals surface area contributed by atoms with Crippen molar-refractivity contribution in [3.63, 3.8) is 0 Å². The fraction of sp³-hybridized carbons (Fsp3) is 0.125. The van der Waals surface area contributed by atoms with E-state index in [4.69, 9.17) is 15.9 Å². The lowest BCUT2D eigenvalue weighted by atomic mass is 10.5. The van der Waals surface area contributed by atoms with E-state index in [0.29, 0.717) is 0 Å². The Bertz CT molecular complexity index is 336. The van der Waals surface area contributed by atoms with Gasteiger partial charge in [0.2, 0.25) is 11.6 Å². The standard InChI is InChI=1S/C8H7NO4/c1-2-5-12-9-7-4-3-6(13-7)8(10)11/h1,3-4,9H,5H2,(H,10,11). The van der Waals surface area contributed by atoms with E-state index in [9.17, 15) is 4.79 Å². The predicted octanol–water partition coefficient (Wildman–Crippen LogP) is 0.954. The van der Waals surface area contributed by atoms with Gasteiger partial charge < -0.3 is 9.52 Å². The zero-order valence-corrected chi connectivity index (χ0v) is 6.61. The molecule has 0 unspecified atom stereocenters. The van der Waals surface area contributed by atoms with Crippen LogP contribution in [0, 0.1) is 12.3 Å². The highest BCUT2D eigenvalue weighted by Gasteiger charge is 2.07. The summed E-state index contributed by atoms with van der Waals surface area (Å²) in [5.41, 5.74) is 2.35. The van der Waals surface area contributed by atoms with Crippen LogP contribution in [-0.2, 0) is 4.84 Å². The van der Waals surface area contributed by atoms with Crippen LogP contribution in [-0.4, -0.2) is 17.7 Å². The minimum atomic E-state index is -1.13. The third kappa shape index (κ3) is 2.54. The van der Waals surface area contributed by atoms with Gasteiger partial charge in [0, 0.05) is 6.07 Å². The molecule has 1 aromatic rings. The number of carbonyl (C=O) groups is 1. The zero-order chi connectivity index (χ0) is 9.68. The van der Waals surface area contributed by atoms with Crippen LogP contribution in [0.1, 0.15) is 10.6 Å². The number of carboxylic acids is 1. The van der Waals surface area contributed by atoms with Crippen molar-refractivity contribution in [3.05, 3.63) is 17.9 Å². The predicted molar refractivity (Wildman–Crippen MR) is 44.1 cm³/mol. The van der Waals surface area contributed by atoms with Crippen molar-refractivity contribution in [2.75, 3.05) is 12.1 Å². The molecule has 2 N–H and O–H groups in total. The van der Waals surface area contributed by atoms with Crippen LogP contribution < -0.4 is 5.48 Å². The summed E-state index contributed by atoms with van der Waals surface area (Å²) >= 11 is 0. The Kier molecular flexibility index (Phi) is 2.95. The molecule has 0 saturated heterocycles. The van der Waals surface area contributed by atoms with E-state index in [1.165, 1.54) is 12.1 Å². The minimum absolute atomic E-state index is 0.0725. The fourth-order valence-electron chi connectivity index (χ4n) is 0.657. The SMILES string of the molecule is C#CCONc1ccc(C(=O)O)o1. The first-order chi connectivity index (χ1) is 6.24. The summed E-state index contributed by atoms with van der Waals surface area (Å²) in [4.78, 5) is 15.0. The van der Waals surface area contributed by atoms with E-state index in [0.717, 1.165) is 0 Å². The second kappa shape index (κ2) is 4.18. The first-order valence-corrected chi connectivity index (χ1v) is 3.38. The molecule has 0 radical (unpaired) electrons. The molecule has 13 heavy (non-hydrogen) atoms. The Balaban J connectivity index is 2.50. The number of anilines is 1. The number of nitrogens with one attached hydrogen (secondary N) is 1. The number of furan rings is 1. The maximum absolute atomic E-state index is 10.3. The molecule has 1 heterocycles. The highest BCUT2D eigenvalue weighted by molar-refractivity contribution is 5.84. The van der Waals surface area contributed by atoms with Gasteiger partial charge in [0.1, 0.15) is 6.61 Å². The topological polar surface area (TPSA) is 71.7 Å². The van der Waals surface area contributed by atoms with E-state index in [2.05, 4.69) is 16.2 Å².